The number of amidine groups is 1. The predicted molar refractivity (Wildman–Crippen MR) is 65.2 cm³/mol. The van der Waals surface area contributed by atoms with Crippen LogP contribution in [0, 0.1) is 5.92 Å². The van der Waals surface area contributed by atoms with Gasteiger partial charge >= 0.3 is 0 Å². The Bertz CT molecular complexity index is 468. The van der Waals surface area contributed by atoms with E-state index in [1.165, 1.54) is 0 Å². The summed E-state index contributed by atoms with van der Waals surface area (Å²) in [4.78, 5) is 15.9. The van der Waals surface area contributed by atoms with Gasteiger partial charge in [0.25, 0.3) is 5.91 Å². The largest absolute Gasteiger partial charge is 0.409 e. The summed E-state index contributed by atoms with van der Waals surface area (Å²) in [5.41, 5.74) is 5.99. The lowest BCUT2D eigenvalue weighted by Crippen LogP contribution is -2.42. The molecule has 0 radical (unpaired) electrons. The normalized spacial score (nSPS) is 24.2. The molecular weight excluding hydrogens is 234 g/mol. The maximum Gasteiger partial charge on any atom is 0.271 e. The van der Waals surface area contributed by atoms with E-state index < -0.39 is 0 Å². The summed E-state index contributed by atoms with van der Waals surface area (Å²) in [5, 5.41) is 14.6. The Morgan fingerprint density at radius 2 is 2.44 bits per heavy atom. The van der Waals surface area contributed by atoms with Crippen LogP contribution in [0.1, 0.15) is 29.8 Å². The van der Waals surface area contributed by atoms with Gasteiger partial charge in [0.05, 0.1) is 6.33 Å². The van der Waals surface area contributed by atoms with Crippen LogP contribution in [0.15, 0.2) is 17.7 Å². The maximum absolute atomic E-state index is 11.9. The lowest BCUT2D eigenvalue weighted by Gasteiger charge is -2.19. The van der Waals surface area contributed by atoms with Crippen LogP contribution < -0.4 is 11.1 Å². The van der Waals surface area contributed by atoms with Crippen molar-refractivity contribution in [3.63, 3.8) is 0 Å². The number of imidazole rings is 1. The molecule has 7 heteroatoms. The number of nitrogens with zero attached hydrogens (tertiary/aromatic N) is 3. The third-order valence-corrected chi connectivity index (χ3v) is 3.27. The van der Waals surface area contributed by atoms with Crippen molar-refractivity contribution in [3.05, 3.63) is 18.2 Å². The minimum atomic E-state index is -0.224. The highest BCUT2D eigenvalue weighted by molar-refractivity contribution is 5.93. The highest BCUT2D eigenvalue weighted by atomic mass is 16.4. The third kappa shape index (κ3) is 2.44. The summed E-state index contributed by atoms with van der Waals surface area (Å²) in [5.74, 6) is -0.139. The molecule has 2 unspecified atom stereocenters. The van der Waals surface area contributed by atoms with Gasteiger partial charge in [0.1, 0.15) is 11.5 Å². The average molecular weight is 251 g/mol. The number of aryl methyl sites for hydroxylation is 1. The van der Waals surface area contributed by atoms with Crippen LogP contribution in [0.3, 0.4) is 0 Å². The Morgan fingerprint density at radius 3 is 3.06 bits per heavy atom. The lowest BCUT2D eigenvalue weighted by molar-refractivity contribution is 0.0928. The van der Waals surface area contributed by atoms with Gasteiger partial charge in [-0.1, -0.05) is 11.6 Å². The molecule has 1 heterocycles. The second kappa shape index (κ2) is 5.07. The number of carbonyl (C=O) groups is 1. The summed E-state index contributed by atoms with van der Waals surface area (Å²) in [6, 6.07) is -0.0876. The van der Waals surface area contributed by atoms with Crippen LogP contribution in [0.2, 0.25) is 0 Å². The van der Waals surface area contributed by atoms with Gasteiger partial charge in [-0.05, 0) is 12.8 Å². The zero-order valence-corrected chi connectivity index (χ0v) is 10.2. The van der Waals surface area contributed by atoms with Crippen LogP contribution in [-0.2, 0) is 7.05 Å². The molecule has 1 saturated carbocycles. The molecule has 0 saturated heterocycles. The van der Waals surface area contributed by atoms with E-state index in [1.54, 1.807) is 24.1 Å². The Labute approximate surface area is 105 Å². The Morgan fingerprint density at radius 1 is 1.67 bits per heavy atom. The molecule has 2 atom stereocenters. The minimum Gasteiger partial charge on any atom is -0.409 e. The van der Waals surface area contributed by atoms with Crippen LogP contribution >= 0.6 is 0 Å². The number of carbonyl (C=O) groups excluding carboxylic acids is 1. The molecule has 0 spiro atoms. The number of hydrogen-bond acceptors (Lipinski definition) is 4. The molecule has 2 rings (SSSR count). The summed E-state index contributed by atoms with van der Waals surface area (Å²) in [6.07, 6.45) is 5.84. The van der Waals surface area contributed by atoms with E-state index >= 15 is 0 Å². The van der Waals surface area contributed by atoms with Crippen molar-refractivity contribution in [3.8, 4) is 0 Å². The number of hydrogen-bond donors (Lipinski definition) is 3. The molecule has 98 valence electrons. The van der Waals surface area contributed by atoms with Crippen molar-refractivity contribution in [2.45, 2.75) is 25.3 Å². The number of aromatic nitrogens is 2. The predicted octanol–water partition coefficient (Wildman–Crippen LogP) is 0.0650. The molecule has 1 amide bonds. The Kier molecular flexibility index (Phi) is 3.50. The summed E-state index contributed by atoms with van der Waals surface area (Å²) >= 11 is 0. The standard InChI is InChI=1S/C11H17N5O2/c1-16-5-9(13-6-16)11(17)14-8-4-2-3-7(8)10(12)15-18/h5-8,18H,2-4H2,1H3,(H2,12,15)(H,14,17). The first-order valence-corrected chi connectivity index (χ1v) is 5.88. The second-order valence-electron chi connectivity index (χ2n) is 4.57. The van der Waals surface area contributed by atoms with Gasteiger partial charge in [-0.25, -0.2) is 4.98 Å². The van der Waals surface area contributed by atoms with Crippen molar-refractivity contribution in [2.75, 3.05) is 0 Å². The molecule has 4 N–H and O–H groups in total. The monoisotopic (exact) mass is 251 g/mol. The number of oxime groups is 1. The van der Waals surface area contributed by atoms with E-state index in [-0.39, 0.29) is 23.7 Å². The molecule has 7 nitrogen and oxygen atoms in total. The number of nitrogens with one attached hydrogen (secondary N) is 1. The highest BCUT2D eigenvalue weighted by Gasteiger charge is 2.32. The summed E-state index contributed by atoms with van der Waals surface area (Å²) < 4.78 is 1.71. The quantitative estimate of drug-likeness (QED) is 0.306. The van der Waals surface area contributed by atoms with Crippen molar-refractivity contribution >= 4 is 11.7 Å². The summed E-state index contributed by atoms with van der Waals surface area (Å²) in [6.45, 7) is 0. The molecular formula is C11H17N5O2. The SMILES string of the molecule is Cn1cnc(C(=O)NC2CCCC2C(N)=NO)c1. The molecule has 0 bridgehead atoms. The van der Waals surface area contributed by atoms with Gasteiger partial charge in [0.2, 0.25) is 0 Å². The smallest absolute Gasteiger partial charge is 0.271 e. The first kappa shape index (κ1) is 12.4. The van der Waals surface area contributed by atoms with Crippen LogP contribution in [-0.4, -0.2) is 32.5 Å². The molecule has 1 aromatic rings. The number of rotatable bonds is 3. The average Bonchev–Trinajstić information content (AvgIpc) is 2.97. The first-order chi connectivity index (χ1) is 8.61. The van der Waals surface area contributed by atoms with Crippen LogP contribution in [0.25, 0.3) is 0 Å². The molecule has 0 aromatic carbocycles. The van der Waals surface area contributed by atoms with Gasteiger partial charge in [-0.3, -0.25) is 4.79 Å². The molecule has 1 fully saturated rings. The van der Waals surface area contributed by atoms with E-state index in [4.69, 9.17) is 10.9 Å². The van der Waals surface area contributed by atoms with E-state index in [1.807, 2.05) is 0 Å². The van der Waals surface area contributed by atoms with E-state index in [2.05, 4.69) is 15.5 Å². The van der Waals surface area contributed by atoms with Crippen LogP contribution in [0.4, 0.5) is 0 Å². The van der Waals surface area contributed by atoms with E-state index in [0.717, 1.165) is 19.3 Å². The molecule has 1 aliphatic carbocycles. The molecule has 18 heavy (non-hydrogen) atoms. The van der Waals surface area contributed by atoms with Gasteiger partial charge in [0, 0.05) is 25.2 Å². The van der Waals surface area contributed by atoms with Crippen LogP contribution in [0.5, 0.6) is 0 Å². The molecule has 1 aromatic heterocycles. The topological polar surface area (TPSA) is 106 Å². The van der Waals surface area contributed by atoms with Crippen molar-refractivity contribution < 1.29 is 10.0 Å². The zero-order valence-electron chi connectivity index (χ0n) is 10.2. The van der Waals surface area contributed by atoms with E-state index in [0.29, 0.717) is 5.69 Å². The van der Waals surface area contributed by atoms with Crippen molar-refractivity contribution in [2.24, 2.45) is 23.9 Å². The molecule has 1 aliphatic rings. The maximum atomic E-state index is 11.9. The van der Waals surface area contributed by atoms with E-state index in [9.17, 15) is 4.79 Å². The fourth-order valence-electron chi connectivity index (χ4n) is 2.33. The van der Waals surface area contributed by atoms with Crippen molar-refractivity contribution in [1.29, 1.82) is 0 Å². The van der Waals surface area contributed by atoms with Gasteiger partial charge < -0.3 is 20.8 Å². The Hall–Kier alpha value is -2.05. The van der Waals surface area contributed by atoms with Gasteiger partial charge in [-0.15, -0.1) is 0 Å². The minimum absolute atomic E-state index is 0.0876. The fourth-order valence-corrected chi connectivity index (χ4v) is 2.33. The highest BCUT2D eigenvalue weighted by Crippen LogP contribution is 2.26. The lowest BCUT2D eigenvalue weighted by atomic mass is 10.0. The first-order valence-electron chi connectivity index (χ1n) is 5.88. The fraction of sp³-hybridized carbons (Fsp3) is 0.545. The Balaban J connectivity index is 2.03. The van der Waals surface area contributed by atoms with Gasteiger partial charge in [-0.2, -0.15) is 0 Å². The second-order valence-corrected chi connectivity index (χ2v) is 4.57. The number of nitrogens with two attached hydrogens (primary N) is 1. The summed E-state index contributed by atoms with van der Waals surface area (Å²) in [7, 11) is 1.80. The number of amides is 1. The zero-order chi connectivity index (χ0) is 13.1. The van der Waals surface area contributed by atoms with Crippen molar-refractivity contribution in [1.82, 2.24) is 14.9 Å². The third-order valence-electron chi connectivity index (χ3n) is 3.27. The molecule has 0 aliphatic heterocycles. The van der Waals surface area contributed by atoms with Gasteiger partial charge in [0.15, 0.2) is 0 Å².